The Morgan fingerprint density at radius 1 is 1.13 bits per heavy atom. The Balaban J connectivity index is 1.64. The SMILES string of the molecule is COc1cccc2oc(-c3nc4ccccc4c(=O)n3N=Cc3ccc(OCC(=O)O)c([N+](=O)[O-])c3)cc12. The number of nitro groups is 1. The second-order valence-corrected chi connectivity index (χ2v) is 7.96. The number of furan rings is 1. The first kappa shape index (κ1) is 24.2. The van der Waals surface area contributed by atoms with Gasteiger partial charge in [0.05, 0.1) is 34.5 Å². The summed E-state index contributed by atoms with van der Waals surface area (Å²) in [6, 6.07) is 17.6. The smallest absolute Gasteiger partial charge is 0.341 e. The van der Waals surface area contributed by atoms with Crippen molar-refractivity contribution in [2.45, 2.75) is 0 Å². The average Bonchev–Trinajstić information content (AvgIpc) is 3.36. The maximum atomic E-state index is 13.4. The number of nitro benzene ring substituents is 1. The molecular weight excluding hydrogens is 496 g/mol. The van der Waals surface area contributed by atoms with Gasteiger partial charge >= 0.3 is 11.7 Å². The third-order valence-electron chi connectivity index (χ3n) is 5.57. The lowest BCUT2D eigenvalue weighted by molar-refractivity contribution is -0.385. The van der Waals surface area contributed by atoms with E-state index in [2.05, 4.69) is 10.1 Å². The van der Waals surface area contributed by atoms with Crippen LogP contribution in [-0.2, 0) is 4.79 Å². The van der Waals surface area contributed by atoms with Crippen molar-refractivity contribution in [2.75, 3.05) is 13.7 Å². The lowest BCUT2D eigenvalue weighted by Crippen LogP contribution is -2.20. The molecule has 2 aromatic heterocycles. The average molecular weight is 514 g/mol. The molecule has 5 rings (SSSR count). The number of rotatable bonds is 8. The van der Waals surface area contributed by atoms with Crippen LogP contribution in [0.5, 0.6) is 11.5 Å². The fourth-order valence-corrected chi connectivity index (χ4v) is 3.86. The number of hydrogen-bond donors (Lipinski definition) is 1. The molecule has 0 saturated heterocycles. The number of nitrogens with zero attached hydrogens (tertiary/aromatic N) is 4. The van der Waals surface area contributed by atoms with Gasteiger partial charge in [0.25, 0.3) is 5.56 Å². The minimum atomic E-state index is -1.27. The number of aromatic nitrogens is 2. The van der Waals surface area contributed by atoms with E-state index in [9.17, 15) is 19.7 Å². The van der Waals surface area contributed by atoms with Crippen LogP contribution in [0.2, 0.25) is 0 Å². The van der Waals surface area contributed by atoms with E-state index in [1.807, 2.05) is 0 Å². The Bertz CT molecular complexity index is 1800. The second kappa shape index (κ2) is 9.85. The first-order valence-electron chi connectivity index (χ1n) is 11.1. The molecule has 5 aromatic rings. The lowest BCUT2D eigenvalue weighted by Gasteiger charge is -2.07. The maximum Gasteiger partial charge on any atom is 0.341 e. The van der Waals surface area contributed by atoms with Crippen LogP contribution >= 0.6 is 0 Å². The molecular formula is C26H18N4O8. The van der Waals surface area contributed by atoms with E-state index in [-0.39, 0.29) is 22.9 Å². The second-order valence-electron chi connectivity index (χ2n) is 7.96. The zero-order valence-electron chi connectivity index (χ0n) is 19.7. The molecule has 0 bridgehead atoms. The van der Waals surface area contributed by atoms with Gasteiger partial charge in [0.2, 0.25) is 5.82 Å². The molecule has 0 radical (unpaired) electrons. The summed E-state index contributed by atoms with van der Waals surface area (Å²) in [7, 11) is 1.53. The van der Waals surface area contributed by atoms with Gasteiger partial charge in [-0.05, 0) is 42.5 Å². The highest BCUT2D eigenvalue weighted by Gasteiger charge is 2.19. The van der Waals surface area contributed by atoms with Crippen molar-refractivity contribution in [1.29, 1.82) is 0 Å². The third-order valence-corrected chi connectivity index (χ3v) is 5.57. The Kier molecular flexibility index (Phi) is 6.27. The zero-order valence-corrected chi connectivity index (χ0v) is 19.7. The van der Waals surface area contributed by atoms with Gasteiger partial charge in [-0.2, -0.15) is 9.78 Å². The summed E-state index contributed by atoms with van der Waals surface area (Å²) in [6.45, 7) is -0.738. The number of benzene rings is 3. The van der Waals surface area contributed by atoms with E-state index in [1.165, 1.54) is 25.5 Å². The molecule has 12 heteroatoms. The number of para-hydroxylation sites is 1. The van der Waals surface area contributed by atoms with Gasteiger partial charge in [-0.25, -0.2) is 9.78 Å². The predicted molar refractivity (Wildman–Crippen MR) is 137 cm³/mol. The van der Waals surface area contributed by atoms with Gasteiger partial charge in [-0.1, -0.05) is 18.2 Å². The van der Waals surface area contributed by atoms with Crippen LogP contribution in [0.4, 0.5) is 5.69 Å². The predicted octanol–water partition coefficient (Wildman–Crippen LogP) is 4.07. The molecule has 0 amide bonds. The summed E-state index contributed by atoms with van der Waals surface area (Å²) < 4.78 is 17.4. The van der Waals surface area contributed by atoms with Crippen LogP contribution in [-0.4, -0.2) is 45.6 Å². The summed E-state index contributed by atoms with van der Waals surface area (Å²) in [4.78, 5) is 39.6. The van der Waals surface area contributed by atoms with E-state index in [1.54, 1.807) is 48.5 Å². The van der Waals surface area contributed by atoms with Crippen LogP contribution < -0.4 is 15.0 Å². The molecule has 0 aliphatic carbocycles. The summed E-state index contributed by atoms with van der Waals surface area (Å²) in [6.07, 6.45) is 1.25. The molecule has 0 unspecified atom stereocenters. The topological polar surface area (TPSA) is 159 Å². The summed E-state index contributed by atoms with van der Waals surface area (Å²) >= 11 is 0. The van der Waals surface area contributed by atoms with Crippen LogP contribution in [0.15, 0.2) is 81.0 Å². The van der Waals surface area contributed by atoms with E-state index in [0.29, 0.717) is 27.6 Å². The van der Waals surface area contributed by atoms with Gasteiger partial charge in [-0.15, -0.1) is 0 Å². The van der Waals surface area contributed by atoms with E-state index < -0.39 is 28.7 Å². The molecule has 0 saturated carbocycles. The highest BCUT2D eigenvalue weighted by Crippen LogP contribution is 2.33. The minimum absolute atomic E-state index is 0.110. The number of hydrogen-bond acceptors (Lipinski definition) is 9. The standard InChI is InChI=1S/C26H18N4O8/c1-36-20-7-4-8-21-17(20)12-23(38-21)25-28-18-6-3-2-5-16(18)26(33)29(25)27-13-15-9-10-22(37-14-24(31)32)19(11-15)30(34)35/h2-13H,14H2,1H3,(H,31,32). The van der Waals surface area contributed by atoms with Crippen molar-refractivity contribution >= 4 is 39.7 Å². The summed E-state index contributed by atoms with van der Waals surface area (Å²) in [5.41, 5.74) is 0.275. The molecule has 2 heterocycles. The van der Waals surface area contributed by atoms with Crippen molar-refractivity contribution in [2.24, 2.45) is 5.10 Å². The molecule has 0 aliphatic heterocycles. The normalized spacial score (nSPS) is 11.3. The van der Waals surface area contributed by atoms with Gasteiger partial charge in [0.15, 0.2) is 18.1 Å². The van der Waals surface area contributed by atoms with Gasteiger partial charge in [0, 0.05) is 11.6 Å². The number of ether oxygens (including phenoxy) is 2. The molecule has 190 valence electrons. The first-order chi connectivity index (χ1) is 18.4. The Morgan fingerprint density at radius 2 is 1.95 bits per heavy atom. The molecule has 12 nitrogen and oxygen atoms in total. The van der Waals surface area contributed by atoms with Crippen LogP contribution in [0.3, 0.4) is 0 Å². The van der Waals surface area contributed by atoms with Crippen LogP contribution in [0.1, 0.15) is 5.56 Å². The summed E-state index contributed by atoms with van der Waals surface area (Å²) in [5.74, 6) is -0.542. The monoisotopic (exact) mass is 514 g/mol. The number of carboxylic acids is 1. The molecule has 1 N–H and O–H groups in total. The number of carboxylic acid groups (broad SMARTS) is 1. The number of aliphatic carboxylic acids is 1. The van der Waals surface area contributed by atoms with Crippen molar-refractivity contribution in [3.05, 3.63) is 92.8 Å². The Hall–Kier alpha value is -5.52. The van der Waals surface area contributed by atoms with E-state index >= 15 is 0 Å². The first-order valence-corrected chi connectivity index (χ1v) is 11.1. The maximum absolute atomic E-state index is 13.4. The molecule has 3 aromatic carbocycles. The molecule has 0 atom stereocenters. The number of fused-ring (bicyclic) bond motifs is 2. The van der Waals surface area contributed by atoms with Gasteiger partial charge in [-0.3, -0.25) is 14.9 Å². The molecule has 0 fully saturated rings. The lowest BCUT2D eigenvalue weighted by atomic mass is 10.2. The Labute approximate surface area is 213 Å². The van der Waals surface area contributed by atoms with Gasteiger partial charge in [0.1, 0.15) is 11.3 Å². The fourth-order valence-electron chi connectivity index (χ4n) is 3.86. The van der Waals surface area contributed by atoms with Crippen molar-refractivity contribution in [3.8, 4) is 23.1 Å². The number of carbonyl (C=O) groups is 1. The van der Waals surface area contributed by atoms with Crippen molar-refractivity contribution in [3.63, 3.8) is 0 Å². The van der Waals surface area contributed by atoms with Crippen molar-refractivity contribution in [1.82, 2.24) is 9.66 Å². The molecule has 0 spiro atoms. The van der Waals surface area contributed by atoms with Crippen LogP contribution in [0, 0.1) is 10.1 Å². The third kappa shape index (κ3) is 4.53. The molecule has 0 aliphatic rings. The largest absolute Gasteiger partial charge is 0.496 e. The number of methoxy groups -OCH3 is 1. The highest BCUT2D eigenvalue weighted by atomic mass is 16.6. The molecule has 38 heavy (non-hydrogen) atoms. The Morgan fingerprint density at radius 3 is 2.71 bits per heavy atom. The van der Waals surface area contributed by atoms with E-state index in [4.69, 9.17) is 19.0 Å². The van der Waals surface area contributed by atoms with Gasteiger partial charge < -0.3 is 19.0 Å². The highest BCUT2D eigenvalue weighted by molar-refractivity contribution is 5.89. The quantitative estimate of drug-likeness (QED) is 0.183. The summed E-state index contributed by atoms with van der Waals surface area (Å²) in [5, 5.41) is 25.6. The fraction of sp³-hybridized carbons (Fsp3) is 0.0769. The van der Waals surface area contributed by atoms with Crippen LogP contribution in [0.25, 0.3) is 33.5 Å². The van der Waals surface area contributed by atoms with E-state index in [0.717, 1.165) is 10.7 Å². The zero-order chi connectivity index (χ0) is 26.8. The minimum Gasteiger partial charge on any atom is -0.496 e. The van der Waals surface area contributed by atoms with Crippen molar-refractivity contribution < 1.29 is 28.7 Å².